The van der Waals surface area contributed by atoms with Gasteiger partial charge < -0.3 is 15.0 Å². The van der Waals surface area contributed by atoms with Gasteiger partial charge in [0.05, 0.1) is 30.5 Å². The number of hydrogen-bond donors (Lipinski definition) is 2. The molecule has 0 unspecified atom stereocenters. The number of carbonyl (C=O) groups excluding carboxylic acids is 1. The van der Waals surface area contributed by atoms with Crippen molar-refractivity contribution in [2.75, 3.05) is 13.2 Å². The Hall–Kier alpha value is -2.21. The van der Waals surface area contributed by atoms with E-state index in [4.69, 9.17) is 4.74 Å². The number of nitrogens with zero attached hydrogens (tertiary/aromatic N) is 1. The lowest BCUT2D eigenvalue weighted by Gasteiger charge is -2.06. The van der Waals surface area contributed by atoms with Gasteiger partial charge in [-0.1, -0.05) is 12.1 Å². The number of nitrogens with one attached hydrogen (secondary N) is 2. The summed E-state index contributed by atoms with van der Waals surface area (Å²) in [6.45, 7) is 4.97. The summed E-state index contributed by atoms with van der Waals surface area (Å²) in [7, 11) is 0. The molecule has 0 saturated carbocycles. The molecule has 0 aliphatic carbocycles. The molecular weight excluding hydrogens is 270 g/mol. The van der Waals surface area contributed by atoms with Gasteiger partial charge in [-0.3, -0.25) is 9.59 Å². The highest BCUT2D eigenvalue weighted by molar-refractivity contribution is 5.80. The third-order valence-electron chi connectivity index (χ3n) is 3.09. The molecule has 1 aromatic carbocycles. The number of aromatic amines is 1. The van der Waals surface area contributed by atoms with Gasteiger partial charge in [-0.05, 0) is 25.5 Å². The molecule has 0 aliphatic rings. The number of esters is 1. The average Bonchev–Trinajstić information content (AvgIpc) is 2.45. The molecule has 1 heterocycles. The van der Waals surface area contributed by atoms with Crippen molar-refractivity contribution in [3.63, 3.8) is 0 Å². The number of ether oxygens (including phenoxy) is 1. The number of para-hydroxylation sites is 1. The average molecular weight is 289 g/mol. The highest BCUT2D eigenvalue weighted by Gasteiger charge is 2.06. The minimum atomic E-state index is -0.235. The SMILES string of the molecule is CCOC(=O)CCNCc1nc2c(C)cccc2c(=O)[nH]1. The molecule has 2 N–H and O–H groups in total. The van der Waals surface area contributed by atoms with E-state index in [0.717, 1.165) is 5.56 Å². The maximum Gasteiger partial charge on any atom is 0.307 e. The van der Waals surface area contributed by atoms with Crippen molar-refractivity contribution in [3.05, 3.63) is 39.9 Å². The molecule has 0 saturated heterocycles. The topological polar surface area (TPSA) is 84.1 Å². The van der Waals surface area contributed by atoms with Crippen LogP contribution in [0.2, 0.25) is 0 Å². The van der Waals surface area contributed by atoms with Crippen molar-refractivity contribution in [2.45, 2.75) is 26.8 Å². The van der Waals surface area contributed by atoms with Gasteiger partial charge in [-0.15, -0.1) is 0 Å². The Morgan fingerprint density at radius 3 is 3.00 bits per heavy atom. The first-order valence-electron chi connectivity index (χ1n) is 6.96. The zero-order valence-corrected chi connectivity index (χ0v) is 12.2. The van der Waals surface area contributed by atoms with Gasteiger partial charge in [0, 0.05) is 6.54 Å². The standard InChI is InChI=1S/C15H19N3O3/c1-3-21-13(19)7-8-16-9-12-17-14-10(2)5-4-6-11(14)15(20)18-12/h4-6,16H,3,7-9H2,1-2H3,(H,17,18,20). The molecule has 1 aromatic heterocycles. The normalized spacial score (nSPS) is 10.8. The summed E-state index contributed by atoms with van der Waals surface area (Å²) < 4.78 is 4.83. The molecular formula is C15H19N3O3. The van der Waals surface area contributed by atoms with Gasteiger partial charge in [0.15, 0.2) is 0 Å². The van der Waals surface area contributed by atoms with Crippen molar-refractivity contribution < 1.29 is 9.53 Å². The van der Waals surface area contributed by atoms with E-state index >= 15 is 0 Å². The van der Waals surface area contributed by atoms with Crippen LogP contribution < -0.4 is 10.9 Å². The Bertz CT molecular complexity index is 694. The van der Waals surface area contributed by atoms with Crippen molar-refractivity contribution >= 4 is 16.9 Å². The van der Waals surface area contributed by atoms with Crippen molar-refractivity contribution in [1.29, 1.82) is 0 Å². The Kier molecular flexibility index (Phi) is 5.05. The van der Waals surface area contributed by atoms with Gasteiger partial charge >= 0.3 is 5.97 Å². The highest BCUT2D eigenvalue weighted by atomic mass is 16.5. The summed E-state index contributed by atoms with van der Waals surface area (Å²) in [5.74, 6) is 0.325. The van der Waals surface area contributed by atoms with Crippen LogP contribution in [-0.4, -0.2) is 29.1 Å². The monoisotopic (exact) mass is 289 g/mol. The molecule has 6 nitrogen and oxygen atoms in total. The maximum atomic E-state index is 12.0. The molecule has 112 valence electrons. The summed E-state index contributed by atoms with van der Waals surface area (Å²) in [6.07, 6.45) is 0.296. The smallest absolute Gasteiger partial charge is 0.307 e. The first kappa shape index (κ1) is 15.2. The molecule has 0 atom stereocenters. The molecule has 2 rings (SSSR count). The Morgan fingerprint density at radius 2 is 2.24 bits per heavy atom. The Morgan fingerprint density at radius 1 is 1.43 bits per heavy atom. The van der Waals surface area contributed by atoms with Crippen LogP contribution in [-0.2, 0) is 16.1 Å². The highest BCUT2D eigenvalue weighted by Crippen LogP contribution is 2.11. The van der Waals surface area contributed by atoms with Gasteiger partial charge in [-0.2, -0.15) is 0 Å². The van der Waals surface area contributed by atoms with E-state index in [-0.39, 0.29) is 11.5 Å². The summed E-state index contributed by atoms with van der Waals surface area (Å²) >= 11 is 0. The molecule has 0 aliphatic heterocycles. The first-order chi connectivity index (χ1) is 10.1. The summed E-state index contributed by atoms with van der Waals surface area (Å²) in [5, 5.41) is 3.66. The summed E-state index contributed by atoms with van der Waals surface area (Å²) in [6, 6.07) is 5.52. The lowest BCUT2D eigenvalue weighted by atomic mass is 10.1. The van der Waals surface area contributed by atoms with Crippen LogP contribution >= 0.6 is 0 Å². The van der Waals surface area contributed by atoms with E-state index < -0.39 is 0 Å². The predicted molar refractivity (Wildman–Crippen MR) is 80.1 cm³/mol. The minimum absolute atomic E-state index is 0.147. The van der Waals surface area contributed by atoms with Crippen LogP contribution in [0.1, 0.15) is 24.7 Å². The second kappa shape index (κ2) is 6.99. The molecule has 0 radical (unpaired) electrons. The number of hydrogen-bond acceptors (Lipinski definition) is 5. The van der Waals surface area contributed by atoms with Crippen molar-refractivity contribution in [2.24, 2.45) is 0 Å². The second-order valence-corrected chi connectivity index (χ2v) is 4.72. The van der Waals surface area contributed by atoms with Crippen LogP contribution in [0.25, 0.3) is 10.9 Å². The third kappa shape index (κ3) is 3.88. The predicted octanol–water partition coefficient (Wildman–Crippen LogP) is 1.27. The molecule has 21 heavy (non-hydrogen) atoms. The van der Waals surface area contributed by atoms with Gasteiger partial charge in [-0.25, -0.2) is 4.98 Å². The lowest BCUT2D eigenvalue weighted by molar-refractivity contribution is -0.142. The fourth-order valence-electron chi connectivity index (χ4n) is 2.07. The number of aryl methyl sites for hydroxylation is 1. The zero-order valence-electron chi connectivity index (χ0n) is 12.2. The van der Waals surface area contributed by atoms with E-state index in [1.54, 1.807) is 13.0 Å². The fourth-order valence-corrected chi connectivity index (χ4v) is 2.07. The summed E-state index contributed by atoms with van der Waals surface area (Å²) in [4.78, 5) is 30.4. The number of aromatic nitrogens is 2. The van der Waals surface area contributed by atoms with Crippen LogP contribution in [0.4, 0.5) is 0 Å². The van der Waals surface area contributed by atoms with Crippen LogP contribution in [0.5, 0.6) is 0 Å². The van der Waals surface area contributed by atoms with Crippen LogP contribution in [0.15, 0.2) is 23.0 Å². The van der Waals surface area contributed by atoms with E-state index in [2.05, 4.69) is 15.3 Å². The number of rotatable bonds is 6. The van der Waals surface area contributed by atoms with E-state index in [9.17, 15) is 9.59 Å². The van der Waals surface area contributed by atoms with Gasteiger partial charge in [0.2, 0.25) is 0 Å². The number of carbonyl (C=O) groups is 1. The fraction of sp³-hybridized carbons (Fsp3) is 0.400. The molecule has 0 spiro atoms. The van der Waals surface area contributed by atoms with Crippen LogP contribution in [0.3, 0.4) is 0 Å². The second-order valence-electron chi connectivity index (χ2n) is 4.72. The number of H-pyrrole nitrogens is 1. The minimum Gasteiger partial charge on any atom is -0.466 e. The van der Waals surface area contributed by atoms with Crippen molar-refractivity contribution in [1.82, 2.24) is 15.3 Å². The molecule has 0 amide bonds. The number of benzene rings is 1. The van der Waals surface area contributed by atoms with Gasteiger partial charge in [0.25, 0.3) is 5.56 Å². The largest absolute Gasteiger partial charge is 0.466 e. The quantitative estimate of drug-likeness (QED) is 0.618. The molecule has 0 fully saturated rings. The van der Waals surface area contributed by atoms with E-state index in [1.165, 1.54) is 0 Å². The third-order valence-corrected chi connectivity index (χ3v) is 3.09. The van der Waals surface area contributed by atoms with Crippen molar-refractivity contribution in [3.8, 4) is 0 Å². The zero-order chi connectivity index (χ0) is 15.2. The maximum absolute atomic E-state index is 12.0. The lowest BCUT2D eigenvalue weighted by Crippen LogP contribution is -2.22. The van der Waals surface area contributed by atoms with Gasteiger partial charge in [0.1, 0.15) is 5.82 Å². The molecule has 2 aromatic rings. The number of fused-ring (bicyclic) bond motifs is 1. The summed E-state index contributed by atoms with van der Waals surface area (Å²) in [5.41, 5.74) is 1.53. The van der Waals surface area contributed by atoms with E-state index in [1.807, 2.05) is 19.1 Å². The van der Waals surface area contributed by atoms with E-state index in [0.29, 0.717) is 42.8 Å². The Balaban J connectivity index is 2.01. The molecule has 6 heteroatoms. The Labute approximate surface area is 122 Å². The molecule has 0 bridgehead atoms. The first-order valence-corrected chi connectivity index (χ1v) is 6.96. The van der Waals surface area contributed by atoms with Crippen LogP contribution in [0, 0.1) is 6.92 Å².